The fourth-order valence-electron chi connectivity index (χ4n) is 2.22. The van der Waals surface area contributed by atoms with Crippen molar-refractivity contribution in [3.63, 3.8) is 0 Å². The van der Waals surface area contributed by atoms with Crippen LogP contribution in [0.4, 0.5) is 0 Å². The predicted octanol–water partition coefficient (Wildman–Crippen LogP) is 4.56. The maximum atomic E-state index is 10.8. The zero-order valence-corrected chi connectivity index (χ0v) is 11.5. The molecule has 1 aromatic carbocycles. The normalized spacial score (nSPS) is 11.8. The highest BCUT2D eigenvalue weighted by molar-refractivity contribution is 5.26. The second-order valence-corrected chi connectivity index (χ2v) is 5.10. The van der Waals surface area contributed by atoms with Gasteiger partial charge in [-0.25, -0.2) is 0 Å². The summed E-state index contributed by atoms with van der Waals surface area (Å²) in [5.74, 6) is 0. The number of aliphatic hydroxyl groups is 1. The van der Waals surface area contributed by atoms with E-state index in [-0.39, 0.29) is 0 Å². The highest BCUT2D eigenvalue weighted by Gasteiger charge is 2.27. The molecule has 0 bridgehead atoms. The van der Waals surface area contributed by atoms with Gasteiger partial charge in [0.2, 0.25) is 0 Å². The summed E-state index contributed by atoms with van der Waals surface area (Å²) in [7, 11) is 0. The van der Waals surface area contributed by atoms with Crippen LogP contribution < -0.4 is 0 Å². The summed E-state index contributed by atoms with van der Waals surface area (Å²) in [5, 5.41) is 10.8. The molecule has 1 N–H and O–H groups in total. The third-order valence-electron chi connectivity index (χ3n) is 3.48. The van der Waals surface area contributed by atoms with Crippen LogP contribution in [0.2, 0.25) is 0 Å². The molecule has 0 spiro atoms. The summed E-state index contributed by atoms with van der Waals surface area (Å²) < 4.78 is 0. The molecule has 0 fully saturated rings. The van der Waals surface area contributed by atoms with Gasteiger partial charge in [-0.2, -0.15) is 0 Å². The maximum absolute atomic E-state index is 10.8. The van der Waals surface area contributed by atoms with Crippen LogP contribution >= 0.6 is 0 Å². The first-order valence-electron chi connectivity index (χ1n) is 6.92. The van der Waals surface area contributed by atoms with Crippen molar-refractivity contribution in [2.75, 3.05) is 0 Å². The Morgan fingerprint density at radius 3 is 1.82 bits per heavy atom. The van der Waals surface area contributed by atoms with Crippen molar-refractivity contribution >= 4 is 0 Å². The zero-order chi connectivity index (χ0) is 12.7. The Labute approximate surface area is 106 Å². The zero-order valence-electron chi connectivity index (χ0n) is 11.5. The molecule has 0 aliphatic rings. The molecule has 96 valence electrons. The van der Waals surface area contributed by atoms with Crippen LogP contribution in [-0.2, 0) is 5.60 Å². The van der Waals surface area contributed by atoms with Gasteiger partial charge in [-0.15, -0.1) is 0 Å². The summed E-state index contributed by atoms with van der Waals surface area (Å²) in [6.07, 6.45) is 6.22. The molecule has 1 aromatic rings. The average Bonchev–Trinajstić information content (AvgIpc) is 2.34. The van der Waals surface area contributed by atoms with Gasteiger partial charge >= 0.3 is 0 Å². The smallest absolute Gasteiger partial charge is 0.0896 e. The van der Waals surface area contributed by atoms with Gasteiger partial charge in [0.05, 0.1) is 5.60 Å². The Hall–Kier alpha value is -0.820. The number of aryl methyl sites for hydroxylation is 1. The lowest BCUT2D eigenvalue weighted by Crippen LogP contribution is -2.25. The summed E-state index contributed by atoms with van der Waals surface area (Å²) in [4.78, 5) is 0. The van der Waals surface area contributed by atoms with Crippen molar-refractivity contribution < 1.29 is 5.11 Å². The number of hydrogen-bond donors (Lipinski definition) is 1. The Bertz CT molecular complexity index is 305. The van der Waals surface area contributed by atoms with E-state index in [2.05, 4.69) is 45.0 Å². The van der Waals surface area contributed by atoms with Gasteiger partial charge in [-0.1, -0.05) is 69.4 Å². The molecule has 0 atom stereocenters. The van der Waals surface area contributed by atoms with Crippen molar-refractivity contribution in [1.29, 1.82) is 0 Å². The van der Waals surface area contributed by atoms with E-state index in [0.29, 0.717) is 0 Å². The van der Waals surface area contributed by atoms with Crippen molar-refractivity contribution in [3.8, 4) is 0 Å². The van der Waals surface area contributed by atoms with Crippen LogP contribution in [0.1, 0.15) is 63.5 Å². The molecule has 0 aromatic heterocycles. The number of rotatable bonds is 7. The first-order valence-corrected chi connectivity index (χ1v) is 6.92. The summed E-state index contributed by atoms with van der Waals surface area (Å²) in [5.41, 5.74) is 1.73. The van der Waals surface area contributed by atoms with E-state index in [0.717, 1.165) is 44.1 Å². The van der Waals surface area contributed by atoms with Crippen LogP contribution in [0.15, 0.2) is 24.3 Å². The van der Waals surface area contributed by atoms with Gasteiger partial charge in [0.15, 0.2) is 0 Å². The minimum absolute atomic E-state index is 0.611. The third-order valence-corrected chi connectivity index (χ3v) is 3.48. The maximum Gasteiger partial charge on any atom is 0.0896 e. The molecule has 0 saturated heterocycles. The van der Waals surface area contributed by atoms with E-state index in [9.17, 15) is 5.11 Å². The largest absolute Gasteiger partial charge is 0.385 e. The molecule has 17 heavy (non-hydrogen) atoms. The molecule has 0 unspecified atom stereocenters. The van der Waals surface area contributed by atoms with E-state index in [1.54, 1.807) is 0 Å². The first kappa shape index (κ1) is 14.2. The van der Waals surface area contributed by atoms with Gasteiger partial charge < -0.3 is 5.11 Å². The topological polar surface area (TPSA) is 20.2 Å². The standard InChI is InChI=1S/C16H26O/c1-4-6-12-16(17,13-7-5-2)15-10-8-14(3)9-11-15/h8-11,17H,4-7,12-13H2,1-3H3. The molecule has 0 aliphatic carbocycles. The molecular weight excluding hydrogens is 208 g/mol. The van der Waals surface area contributed by atoms with Gasteiger partial charge in [0.1, 0.15) is 0 Å². The van der Waals surface area contributed by atoms with Crippen molar-refractivity contribution in [2.24, 2.45) is 0 Å². The quantitative estimate of drug-likeness (QED) is 0.733. The number of unbranched alkanes of at least 4 members (excludes halogenated alkanes) is 2. The van der Waals surface area contributed by atoms with E-state index in [1.165, 1.54) is 5.56 Å². The van der Waals surface area contributed by atoms with Gasteiger partial charge in [-0.3, -0.25) is 0 Å². The molecule has 0 aliphatic heterocycles. The van der Waals surface area contributed by atoms with E-state index in [4.69, 9.17) is 0 Å². The van der Waals surface area contributed by atoms with Gasteiger partial charge in [0, 0.05) is 0 Å². The minimum Gasteiger partial charge on any atom is -0.385 e. The SMILES string of the molecule is CCCCC(O)(CCCC)c1ccc(C)cc1. The lowest BCUT2D eigenvalue weighted by molar-refractivity contribution is 0.0141. The van der Waals surface area contributed by atoms with Crippen molar-refractivity contribution in [2.45, 2.75) is 64.9 Å². The van der Waals surface area contributed by atoms with Crippen LogP contribution in [0.3, 0.4) is 0 Å². The van der Waals surface area contributed by atoms with E-state index >= 15 is 0 Å². The monoisotopic (exact) mass is 234 g/mol. The minimum atomic E-state index is -0.611. The fourth-order valence-corrected chi connectivity index (χ4v) is 2.22. The van der Waals surface area contributed by atoms with E-state index in [1.807, 2.05) is 0 Å². The second kappa shape index (κ2) is 6.80. The lowest BCUT2D eigenvalue weighted by atomic mass is 9.84. The Balaban J connectivity index is 2.83. The molecule has 0 saturated carbocycles. The van der Waals surface area contributed by atoms with Gasteiger partial charge in [0.25, 0.3) is 0 Å². The van der Waals surface area contributed by atoms with Crippen molar-refractivity contribution in [3.05, 3.63) is 35.4 Å². The van der Waals surface area contributed by atoms with Crippen LogP contribution in [0.5, 0.6) is 0 Å². The van der Waals surface area contributed by atoms with Crippen molar-refractivity contribution in [1.82, 2.24) is 0 Å². The van der Waals surface area contributed by atoms with E-state index < -0.39 is 5.60 Å². The number of benzene rings is 1. The van der Waals surface area contributed by atoms with Crippen LogP contribution in [0, 0.1) is 6.92 Å². The molecule has 0 amide bonds. The van der Waals surface area contributed by atoms with Gasteiger partial charge in [-0.05, 0) is 25.3 Å². The van der Waals surface area contributed by atoms with Crippen LogP contribution in [0.25, 0.3) is 0 Å². The van der Waals surface area contributed by atoms with Crippen LogP contribution in [-0.4, -0.2) is 5.11 Å². The summed E-state index contributed by atoms with van der Waals surface area (Å²) >= 11 is 0. The highest BCUT2D eigenvalue weighted by atomic mass is 16.3. The summed E-state index contributed by atoms with van der Waals surface area (Å²) in [6, 6.07) is 8.36. The molecule has 1 nitrogen and oxygen atoms in total. The molecular formula is C16H26O. The molecule has 0 radical (unpaired) electrons. The first-order chi connectivity index (χ1) is 8.12. The fraction of sp³-hybridized carbons (Fsp3) is 0.625. The lowest BCUT2D eigenvalue weighted by Gasteiger charge is -2.29. The predicted molar refractivity (Wildman–Crippen MR) is 74.1 cm³/mol. The number of hydrogen-bond acceptors (Lipinski definition) is 1. The Morgan fingerprint density at radius 1 is 0.941 bits per heavy atom. The summed E-state index contributed by atoms with van der Waals surface area (Å²) in [6.45, 7) is 6.44. The third kappa shape index (κ3) is 4.16. The second-order valence-electron chi connectivity index (χ2n) is 5.10. The highest BCUT2D eigenvalue weighted by Crippen LogP contribution is 2.32. The molecule has 1 rings (SSSR count). The average molecular weight is 234 g/mol. The molecule has 0 heterocycles. The Kier molecular flexibility index (Phi) is 5.70. The Morgan fingerprint density at radius 2 is 1.41 bits per heavy atom. The molecule has 1 heteroatoms.